The quantitative estimate of drug-likeness (QED) is 0.558. The monoisotopic (exact) mass is 468 g/mol. The van der Waals surface area contributed by atoms with Crippen molar-refractivity contribution in [1.82, 2.24) is 9.97 Å². The fraction of sp³-hybridized carbons (Fsp3) is 0.556. The number of H-pyrrole nitrogens is 1. The lowest BCUT2D eigenvalue weighted by Gasteiger charge is -2.45. The third-order valence-corrected chi connectivity index (χ3v) is 7.76. The SMILES string of the molecule is C/C=C(/C)C1(C2=C(CCC)C=C(O)CC=C2F)CCN(c2nc3c(c(=O)[nH]2)CCCN3C)CC1. The van der Waals surface area contributed by atoms with Gasteiger partial charge in [0, 0.05) is 44.1 Å². The van der Waals surface area contributed by atoms with Gasteiger partial charge in [0.2, 0.25) is 5.95 Å². The van der Waals surface area contributed by atoms with Crippen molar-refractivity contribution in [2.75, 3.05) is 36.5 Å². The normalized spacial score (nSPS) is 21.1. The lowest BCUT2D eigenvalue weighted by Crippen LogP contribution is -2.44. The highest BCUT2D eigenvalue weighted by atomic mass is 19.1. The number of halogens is 1. The molecular weight excluding hydrogens is 431 g/mol. The van der Waals surface area contributed by atoms with Crippen LogP contribution in [0.5, 0.6) is 0 Å². The van der Waals surface area contributed by atoms with Crippen LogP contribution in [-0.4, -0.2) is 41.8 Å². The molecule has 0 bridgehead atoms. The van der Waals surface area contributed by atoms with Crippen LogP contribution < -0.4 is 15.4 Å². The van der Waals surface area contributed by atoms with Crippen molar-refractivity contribution in [3.05, 3.63) is 62.5 Å². The van der Waals surface area contributed by atoms with Crippen LogP contribution in [0.25, 0.3) is 0 Å². The van der Waals surface area contributed by atoms with E-state index >= 15 is 4.39 Å². The molecule has 3 heterocycles. The predicted molar refractivity (Wildman–Crippen MR) is 136 cm³/mol. The second-order valence-corrected chi connectivity index (χ2v) is 9.80. The molecule has 2 N–H and O–H groups in total. The standard InChI is InChI=1S/C27H37FN4O2/c1-5-8-19-17-20(33)10-11-22(28)23(19)27(18(3)6-2)12-15-32(16-13-27)26-29-24-21(25(34)30-26)9-7-14-31(24)4/h6,11,17,33H,5,7-10,12-16H2,1-4H3,(H,29,30,34)/b18-6-. The molecular formula is C27H37FN4O2. The van der Waals surface area contributed by atoms with Crippen molar-refractivity contribution >= 4 is 11.8 Å². The summed E-state index contributed by atoms with van der Waals surface area (Å²) in [6.07, 6.45) is 10.3. The number of piperidine rings is 1. The Hall–Kier alpha value is -2.83. The van der Waals surface area contributed by atoms with Crippen LogP contribution in [0.15, 0.2) is 51.3 Å². The second kappa shape index (κ2) is 9.80. The lowest BCUT2D eigenvalue weighted by atomic mass is 9.65. The van der Waals surface area contributed by atoms with Gasteiger partial charge in [-0.3, -0.25) is 9.78 Å². The number of nitrogens with zero attached hydrogens (tertiary/aromatic N) is 3. The highest BCUT2D eigenvalue weighted by Crippen LogP contribution is 2.51. The summed E-state index contributed by atoms with van der Waals surface area (Å²) in [6, 6.07) is 0. The summed E-state index contributed by atoms with van der Waals surface area (Å²) < 4.78 is 15.6. The first-order valence-corrected chi connectivity index (χ1v) is 12.5. The maximum absolute atomic E-state index is 15.6. The number of fused-ring (bicyclic) bond motifs is 1. The molecule has 1 aliphatic carbocycles. The molecule has 34 heavy (non-hydrogen) atoms. The van der Waals surface area contributed by atoms with Gasteiger partial charge in [-0.1, -0.05) is 25.0 Å². The topological polar surface area (TPSA) is 72.5 Å². The van der Waals surface area contributed by atoms with Crippen LogP contribution in [0.3, 0.4) is 0 Å². The molecule has 4 rings (SSSR count). The van der Waals surface area contributed by atoms with Gasteiger partial charge in [0.25, 0.3) is 5.56 Å². The molecule has 0 saturated carbocycles. The third-order valence-electron chi connectivity index (χ3n) is 7.76. The average Bonchev–Trinajstić information content (AvgIpc) is 2.97. The zero-order chi connectivity index (χ0) is 24.5. The predicted octanol–water partition coefficient (Wildman–Crippen LogP) is 5.50. The average molecular weight is 469 g/mol. The van der Waals surface area contributed by atoms with E-state index in [9.17, 15) is 9.90 Å². The molecule has 6 nitrogen and oxygen atoms in total. The van der Waals surface area contributed by atoms with Crippen molar-refractivity contribution in [2.45, 2.75) is 65.7 Å². The van der Waals surface area contributed by atoms with Gasteiger partial charge in [-0.05, 0) is 63.7 Å². The second-order valence-electron chi connectivity index (χ2n) is 9.80. The smallest absolute Gasteiger partial charge is 0.257 e. The Labute approximate surface area is 201 Å². The molecule has 1 saturated heterocycles. The number of allylic oxidation sites excluding steroid dienone is 7. The van der Waals surface area contributed by atoms with E-state index in [-0.39, 0.29) is 23.6 Å². The summed E-state index contributed by atoms with van der Waals surface area (Å²) in [5.74, 6) is 1.36. The first-order chi connectivity index (χ1) is 16.3. The molecule has 0 unspecified atom stereocenters. The van der Waals surface area contributed by atoms with E-state index in [2.05, 4.69) is 34.7 Å². The van der Waals surface area contributed by atoms with Crippen LogP contribution in [0.2, 0.25) is 0 Å². The largest absolute Gasteiger partial charge is 0.512 e. The molecule has 1 aromatic heterocycles. The number of aromatic amines is 1. The first kappa shape index (κ1) is 24.3. The molecule has 1 aromatic rings. The van der Waals surface area contributed by atoms with E-state index < -0.39 is 5.41 Å². The summed E-state index contributed by atoms with van der Waals surface area (Å²) >= 11 is 0. The molecule has 0 atom stereocenters. The van der Waals surface area contributed by atoms with Crippen LogP contribution in [-0.2, 0) is 6.42 Å². The van der Waals surface area contributed by atoms with E-state index in [4.69, 9.17) is 4.98 Å². The molecule has 0 aromatic carbocycles. The molecule has 1 fully saturated rings. The molecule has 7 heteroatoms. The maximum atomic E-state index is 15.6. The molecule has 3 aliphatic rings. The third kappa shape index (κ3) is 4.32. The molecule has 0 amide bonds. The number of aliphatic hydroxyl groups excluding tert-OH is 1. The summed E-state index contributed by atoms with van der Waals surface area (Å²) in [4.78, 5) is 24.8. The number of aliphatic hydroxyl groups is 1. The Balaban J connectivity index is 1.71. The van der Waals surface area contributed by atoms with Gasteiger partial charge in [0.1, 0.15) is 11.6 Å². The minimum absolute atomic E-state index is 0.0562. The van der Waals surface area contributed by atoms with E-state index in [1.807, 2.05) is 14.0 Å². The summed E-state index contributed by atoms with van der Waals surface area (Å²) in [6.45, 7) is 8.38. The minimum Gasteiger partial charge on any atom is -0.512 e. The Morgan fingerprint density at radius 3 is 2.74 bits per heavy atom. The van der Waals surface area contributed by atoms with Crippen molar-refractivity contribution in [1.29, 1.82) is 0 Å². The highest BCUT2D eigenvalue weighted by Gasteiger charge is 2.43. The lowest BCUT2D eigenvalue weighted by molar-refractivity contribution is 0.317. The van der Waals surface area contributed by atoms with Gasteiger partial charge in [-0.25, -0.2) is 4.39 Å². The first-order valence-electron chi connectivity index (χ1n) is 12.5. The fourth-order valence-electron chi connectivity index (χ4n) is 5.77. The Morgan fingerprint density at radius 1 is 1.32 bits per heavy atom. The molecule has 2 aliphatic heterocycles. The zero-order valence-electron chi connectivity index (χ0n) is 20.9. The summed E-state index contributed by atoms with van der Waals surface area (Å²) in [5.41, 5.74) is 3.01. The molecule has 0 radical (unpaired) electrons. The van der Waals surface area contributed by atoms with Crippen LogP contribution in [0, 0.1) is 5.41 Å². The van der Waals surface area contributed by atoms with Crippen LogP contribution in [0.1, 0.15) is 64.9 Å². The van der Waals surface area contributed by atoms with Gasteiger partial charge in [-0.2, -0.15) is 4.98 Å². The zero-order valence-corrected chi connectivity index (χ0v) is 20.9. The van der Waals surface area contributed by atoms with E-state index in [0.29, 0.717) is 31.9 Å². The van der Waals surface area contributed by atoms with Crippen molar-refractivity contribution in [3.8, 4) is 0 Å². The number of rotatable bonds is 5. The van der Waals surface area contributed by atoms with Gasteiger partial charge in [-0.15, -0.1) is 0 Å². The number of hydrogen-bond donors (Lipinski definition) is 2. The Morgan fingerprint density at radius 2 is 2.06 bits per heavy atom. The number of hydrogen-bond acceptors (Lipinski definition) is 5. The number of aromatic nitrogens is 2. The summed E-state index contributed by atoms with van der Waals surface area (Å²) in [5, 5.41) is 10.3. The van der Waals surface area contributed by atoms with E-state index in [0.717, 1.165) is 60.3 Å². The van der Waals surface area contributed by atoms with Crippen molar-refractivity contribution in [2.24, 2.45) is 5.41 Å². The van der Waals surface area contributed by atoms with E-state index in [1.165, 1.54) is 6.08 Å². The van der Waals surface area contributed by atoms with Crippen molar-refractivity contribution in [3.63, 3.8) is 0 Å². The number of nitrogens with one attached hydrogen (secondary N) is 1. The maximum Gasteiger partial charge on any atom is 0.257 e. The Kier molecular flexibility index (Phi) is 7.01. The summed E-state index contributed by atoms with van der Waals surface area (Å²) in [7, 11) is 1.98. The molecule has 184 valence electrons. The highest BCUT2D eigenvalue weighted by molar-refractivity contribution is 5.53. The van der Waals surface area contributed by atoms with Crippen LogP contribution >= 0.6 is 0 Å². The van der Waals surface area contributed by atoms with Crippen molar-refractivity contribution < 1.29 is 9.50 Å². The van der Waals surface area contributed by atoms with Gasteiger partial charge < -0.3 is 14.9 Å². The van der Waals surface area contributed by atoms with Gasteiger partial charge in [0.15, 0.2) is 0 Å². The number of anilines is 2. The van der Waals surface area contributed by atoms with Gasteiger partial charge >= 0.3 is 0 Å². The van der Waals surface area contributed by atoms with Crippen LogP contribution in [0.4, 0.5) is 16.2 Å². The minimum atomic E-state index is -0.456. The van der Waals surface area contributed by atoms with E-state index in [1.54, 1.807) is 6.08 Å². The van der Waals surface area contributed by atoms with Gasteiger partial charge in [0.05, 0.1) is 11.3 Å². The molecule has 0 spiro atoms. The Bertz CT molecular complexity index is 1120. The fourth-order valence-corrected chi connectivity index (χ4v) is 5.77.